The molecule has 0 saturated carbocycles. The van der Waals surface area contributed by atoms with Crippen molar-refractivity contribution in [2.45, 2.75) is 0 Å². The van der Waals surface area contributed by atoms with E-state index in [9.17, 15) is 9.18 Å². The lowest BCUT2D eigenvalue weighted by Gasteiger charge is -2.06. The molecule has 0 fully saturated rings. The number of hydrogen-bond donors (Lipinski definition) is 0. The summed E-state index contributed by atoms with van der Waals surface area (Å²) < 4.78 is 15.0. The minimum atomic E-state index is -0.539. The number of aldehydes is 1. The molecule has 0 bridgehead atoms. The van der Waals surface area contributed by atoms with Crippen LogP contribution in [0.2, 0.25) is 0 Å². The fourth-order valence-corrected chi connectivity index (χ4v) is 1.99. The highest BCUT2D eigenvalue weighted by Crippen LogP contribution is 2.23. The maximum absolute atomic E-state index is 13.4. The zero-order chi connectivity index (χ0) is 13.9. The predicted octanol–water partition coefficient (Wildman–Crippen LogP) is 2.89. The van der Waals surface area contributed by atoms with Crippen molar-refractivity contribution in [2.75, 3.05) is 0 Å². The quantitative estimate of drug-likeness (QED) is 0.685. The van der Waals surface area contributed by atoms with E-state index in [0.717, 1.165) is 5.69 Å². The first-order chi connectivity index (χ1) is 9.79. The Balaban J connectivity index is 2.13. The second kappa shape index (κ2) is 5.05. The predicted molar refractivity (Wildman–Crippen MR) is 72.1 cm³/mol. The van der Waals surface area contributed by atoms with Crippen LogP contribution < -0.4 is 0 Å². The Morgan fingerprint density at radius 1 is 1.10 bits per heavy atom. The van der Waals surface area contributed by atoms with Gasteiger partial charge in [0.1, 0.15) is 5.82 Å². The van der Waals surface area contributed by atoms with Crippen LogP contribution in [0.3, 0.4) is 0 Å². The summed E-state index contributed by atoms with van der Waals surface area (Å²) in [5.74, 6) is -0.539. The summed E-state index contributed by atoms with van der Waals surface area (Å²) in [7, 11) is 0. The van der Waals surface area contributed by atoms with Crippen LogP contribution >= 0.6 is 0 Å². The van der Waals surface area contributed by atoms with E-state index in [0.29, 0.717) is 17.5 Å². The first-order valence-electron chi connectivity index (χ1n) is 6.01. The van der Waals surface area contributed by atoms with Gasteiger partial charge in [-0.05, 0) is 30.3 Å². The van der Waals surface area contributed by atoms with Crippen LogP contribution in [-0.2, 0) is 0 Å². The first-order valence-corrected chi connectivity index (χ1v) is 6.01. The maximum Gasteiger partial charge on any atom is 0.153 e. The number of para-hydroxylation sites is 1. The highest BCUT2D eigenvalue weighted by Gasteiger charge is 2.10. The normalized spacial score (nSPS) is 10.4. The van der Waals surface area contributed by atoms with E-state index in [4.69, 9.17) is 0 Å². The molecule has 1 aromatic heterocycles. The van der Waals surface area contributed by atoms with Gasteiger partial charge < -0.3 is 0 Å². The van der Waals surface area contributed by atoms with Crippen LogP contribution in [0.4, 0.5) is 4.39 Å². The molecule has 4 nitrogen and oxygen atoms in total. The molecule has 98 valence electrons. The van der Waals surface area contributed by atoms with Gasteiger partial charge in [-0.3, -0.25) is 4.79 Å². The molecule has 20 heavy (non-hydrogen) atoms. The van der Waals surface area contributed by atoms with Crippen molar-refractivity contribution in [2.24, 2.45) is 0 Å². The van der Waals surface area contributed by atoms with Gasteiger partial charge in [0, 0.05) is 5.56 Å². The second-order valence-electron chi connectivity index (χ2n) is 4.22. The molecule has 1 heterocycles. The Bertz CT molecular complexity index is 753. The van der Waals surface area contributed by atoms with Gasteiger partial charge in [-0.25, -0.2) is 9.07 Å². The average Bonchev–Trinajstić information content (AvgIpc) is 2.98. The van der Waals surface area contributed by atoms with Gasteiger partial charge in [0.15, 0.2) is 6.29 Å². The lowest BCUT2D eigenvalue weighted by molar-refractivity contribution is 0.112. The van der Waals surface area contributed by atoms with Crippen molar-refractivity contribution in [3.8, 4) is 16.9 Å². The van der Waals surface area contributed by atoms with Crippen molar-refractivity contribution in [3.05, 3.63) is 66.1 Å². The van der Waals surface area contributed by atoms with Crippen molar-refractivity contribution in [3.63, 3.8) is 0 Å². The highest BCUT2D eigenvalue weighted by molar-refractivity contribution is 5.78. The van der Waals surface area contributed by atoms with E-state index in [-0.39, 0.29) is 5.56 Å². The van der Waals surface area contributed by atoms with Crippen LogP contribution in [0.25, 0.3) is 16.9 Å². The number of carbonyl (C=O) groups excluding carboxylic acids is 1. The first kappa shape index (κ1) is 12.2. The van der Waals surface area contributed by atoms with Crippen LogP contribution in [-0.4, -0.2) is 21.3 Å². The smallest absolute Gasteiger partial charge is 0.153 e. The monoisotopic (exact) mass is 267 g/mol. The Morgan fingerprint density at radius 3 is 2.65 bits per heavy atom. The minimum Gasteiger partial charge on any atom is -0.298 e. The lowest BCUT2D eigenvalue weighted by atomic mass is 10.1. The third kappa shape index (κ3) is 2.09. The SMILES string of the molecule is O=Cc1cc(-c2cnnn2-c2ccccc2)ccc1F. The van der Waals surface area contributed by atoms with Crippen LogP contribution in [0.15, 0.2) is 54.7 Å². The largest absolute Gasteiger partial charge is 0.298 e. The lowest BCUT2D eigenvalue weighted by Crippen LogP contribution is -1.99. The molecule has 0 amide bonds. The Hall–Kier alpha value is -2.82. The average molecular weight is 267 g/mol. The van der Waals surface area contributed by atoms with Gasteiger partial charge in [-0.1, -0.05) is 23.4 Å². The Labute approximate surface area is 114 Å². The fourth-order valence-electron chi connectivity index (χ4n) is 1.99. The minimum absolute atomic E-state index is 0.0170. The summed E-state index contributed by atoms with van der Waals surface area (Å²) in [4.78, 5) is 10.8. The van der Waals surface area contributed by atoms with E-state index < -0.39 is 5.82 Å². The van der Waals surface area contributed by atoms with E-state index in [1.54, 1.807) is 16.9 Å². The van der Waals surface area contributed by atoms with Gasteiger partial charge in [0.05, 0.1) is 23.1 Å². The Kier molecular flexibility index (Phi) is 3.09. The van der Waals surface area contributed by atoms with E-state index >= 15 is 0 Å². The summed E-state index contributed by atoms with van der Waals surface area (Å²) in [5, 5.41) is 7.91. The highest BCUT2D eigenvalue weighted by atomic mass is 19.1. The molecule has 0 atom stereocenters. The van der Waals surface area contributed by atoms with Crippen molar-refractivity contribution in [1.82, 2.24) is 15.0 Å². The molecular weight excluding hydrogens is 257 g/mol. The number of rotatable bonds is 3. The molecule has 0 unspecified atom stereocenters. The molecule has 0 N–H and O–H groups in total. The molecule has 0 aliphatic rings. The summed E-state index contributed by atoms with van der Waals surface area (Å²) in [6.45, 7) is 0. The fraction of sp³-hybridized carbons (Fsp3) is 0. The van der Waals surface area contributed by atoms with E-state index in [1.165, 1.54) is 12.1 Å². The van der Waals surface area contributed by atoms with Gasteiger partial charge in [0.25, 0.3) is 0 Å². The van der Waals surface area contributed by atoms with Gasteiger partial charge in [-0.2, -0.15) is 0 Å². The number of aromatic nitrogens is 3. The van der Waals surface area contributed by atoms with Gasteiger partial charge in [0.2, 0.25) is 0 Å². The topological polar surface area (TPSA) is 47.8 Å². The molecule has 5 heteroatoms. The van der Waals surface area contributed by atoms with Crippen LogP contribution in [0.5, 0.6) is 0 Å². The zero-order valence-electron chi connectivity index (χ0n) is 10.4. The molecule has 3 rings (SSSR count). The van der Waals surface area contributed by atoms with Gasteiger partial charge >= 0.3 is 0 Å². The van der Waals surface area contributed by atoms with Crippen molar-refractivity contribution in [1.29, 1.82) is 0 Å². The summed E-state index contributed by atoms with van der Waals surface area (Å²) in [6, 6.07) is 13.8. The number of hydrogen-bond acceptors (Lipinski definition) is 3. The molecule has 0 aliphatic carbocycles. The number of carbonyl (C=O) groups is 1. The third-order valence-corrected chi connectivity index (χ3v) is 2.97. The molecule has 3 aromatic rings. The molecule has 0 radical (unpaired) electrons. The molecule has 0 saturated heterocycles. The van der Waals surface area contributed by atoms with Crippen molar-refractivity contribution < 1.29 is 9.18 Å². The third-order valence-electron chi connectivity index (χ3n) is 2.97. The van der Waals surface area contributed by atoms with E-state index in [2.05, 4.69) is 10.3 Å². The molecule has 0 spiro atoms. The number of halogens is 1. The Morgan fingerprint density at radius 2 is 1.90 bits per heavy atom. The molecular formula is C15H10FN3O. The van der Waals surface area contributed by atoms with Crippen LogP contribution in [0, 0.1) is 5.82 Å². The van der Waals surface area contributed by atoms with Crippen molar-refractivity contribution >= 4 is 6.29 Å². The van der Waals surface area contributed by atoms with Crippen LogP contribution in [0.1, 0.15) is 10.4 Å². The maximum atomic E-state index is 13.4. The molecule has 0 aliphatic heterocycles. The van der Waals surface area contributed by atoms with Gasteiger partial charge in [-0.15, -0.1) is 5.10 Å². The zero-order valence-corrected chi connectivity index (χ0v) is 10.4. The standard InChI is InChI=1S/C15H10FN3O/c16-14-7-6-11(8-12(14)10-20)15-9-17-18-19(15)13-4-2-1-3-5-13/h1-10H. The summed E-state index contributed by atoms with van der Waals surface area (Å²) in [5.41, 5.74) is 2.24. The van der Waals surface area contributed by atoms with E-state index in [1.807, 2.05) is 30.3 Å². The molecule has 2 aromatic carbocycles. The number of benzene rings is 2. The summed E-state index contributed by atoms with van der Waals surface area (Å²) in [6.07, 6.45) is 2.07. The second-order valence-corrected chi connectivity index (χ2v) is 4.22. The number of nitrogens with zero attached hydrogens (tertiary/aromatic N) is 3. The summed E-state index contributed by atoms with van der Waals surface area (Å²) >= 11 is 0.